The van der Waals surface area contributed by atoms with Crippen LogP contribution in [-0.2, 0) is 11.3 Å². The Kier molecular flexibility index (Phi) is 3.62. The monoisotopic (exact) mass is 257 g/mol. The first-order chi connectivity index (χ1) is 9.38. The van der Waals surface area contributed by atoms with Gasteiger partial charge in [0.1, 0.15) is 5.82 Å². The van der Waals surface area contributed by atoms with Gasteiger partial charge in [-0.3, -0.25) is 0 Å². The van der Waals surface area contributed by atoms with E-state index in [1.54, 1.807) is 0 Å². The zero-order chi connectivity index (χ0) is 13.1. The summed E-state index contributed by atoms with van der Waals surface area (Å²) in [7, 11) is 0. The molecule has 0 spiro atoms. The highest BCUT2D eigenvalue weighted by molar-refractivity contribution is 5.84. The maximum Gasteiger partial charge on any atom is 0.129 e. The molecule has 0 aliphatic carbocycles. The second kappa shape index (κ2) is 5.55. The molecule has 0 unspecified atom stereocenters. The van der Waals surface area contributed by atoms with Crippen LogP contribution in [0.15, 0.2) is 30.3 Å². The van der Waals surface area contributed by atoms with Crippen molar-refractivity contribution in [3.8, 4) is 0 Å². The lowest BCUT2D eigenvalue weighted by molar-refractivity contribution is 0.152. The van der Waals surface area contributed by atoms with Gasteiger partial charge in [0.25, 0.3) is 0 Å². The molecule has 1 saturated heterocycles. The van der Waals surface area contributed by atoms with Crippen LogP contribution in [0.4, 0.5) is 5.82 Å². The molecular weight excluding hydrogens is 238 g/mol. The van der Waals surface area contributed by atoms with Crippen molar-refractivity contribution in [1.29, 1.82) is 0 Å². The molecule has 100 valence electrons. The maximum absolute atomic E-state index is 5.87. The number of anilines is 1. The number of hydrogen-bond acceptors (Lipinski definition) is 4. The molecule has 3 rings (SSSR count). The maximum atomic E-state index is 5.87. The SMILES string of the molecule is NCc1cc(N2CCCOCC2)nc2ccccc12. The Morgan fingerprint density at radius 1 is 1.21 bits per heavy atom. The number of pyridine rings is 1. The lowest BCUT2D eigenvalue weighted by Gasteiger charge is -2.22. The van der Waals surface area contributed by atoms with Crippen LogP contribution in [0, 0.1) is 0 Å². The summed E-state index contributed by atoms with van der Waals surface area (Å²) in [6.45, 7) is 4.05. The van der Waals surface area contributed by atoms with E-state index in [1.807, 2.05) is 18.2 Å². The second-order valence-electron chi connectivity index (χ2n) is 4.81. The molecule has 0 saturated carbocycles. The largest absolute Gasteiger partial charge is 0.380 e. The number of benzene rings is 1. The fourth-order valence-electron chi connectivity index (χ4n) is 2.54. The minimum Gasteiger partial charge on any atom is -0.380 e. The summed E-state index contributed by atoms with van der Waals surface area (Å²) in [4.78, 5) is 7.05. The number of fused-ring (bicyclic) bond motifs is 1. The lowest BCUT2D eigenvalue weighted by Crippen LogP contribution is -2.27. The number of aromatic nitrogens is 1. The van der Waals surface area contributed by atoms with E-state index in [4.69, 9.17) is 15.5 Å². The average molecular weight is 257 g/mol. The summed E-state index contributed by atoms with van der Waals surface area (Å²) in [5, 5.41) is 1.15. The van der Waals surface area contributed by atoms with Crippen molar-refractivity contribution in [1.82, 2.24) is 4.98 Å². The average Bonchev–Trinajstić information content (AvgIpc) is 2.75. The molecule has 1 aliphatic rings. The molecule has 2 N–H and O–H groups in total. The van der Waals surface area contributed by atoms with Gasteiger partial charge in [0, 0.05) is 31.6 Å². The van der Waals surface area contributed by atoms with Crippen molar-refractivity contribution in [2.45, 2.75) is 13.0 Å². The standard InChI is InChI=1S/C15H19N3O/c16-11-12-10-15(18-6-3-8-19-9-7-18)17-14-5-2-1-4-13(12)14/h1-2,4-5,10H,3,6-9,11,16H2. The van der Waals surface area contributed by atoms with Crippen LogP contribution >= 0.6 is 0 Å². The van der Waals surface area contributed by atoms with Gasteiger partial charge in [-0.05, 0) is 24.1 Å². The Bertz CT molecular complexity index is 562. The fraction of sp³-hybridized carbons (Fsp3) is 0.400. The van der Waals surface area contributed by atoms with E-state index in [2.05, 4.69) is 17.0 Å². The number of ether oxygens (including phenoxy) is 1. The van der Waals surface area contributed by atoms with Crippen LogP contribution < -0.4 is 10.6 Å². The normalized spacial score (nSPS) is 16.6. The number of hydrogen-bond donors (Lipinski definition) is 1. The third kappa shape index (κ3) is 2.55. The number of nitrogens with two attached hydrogens (primary N) is 1. The molecule has 0 bridgehead atoms. The predicted molar refractivity (Wildman–Crippen MR) is 77.3 cm³/mol. The number of para-hydroxylation sites is 1. The predicted octanol–water partition coefficient (Wildman–Crippen LogP) is 1.92. The summed E-state index contributed by atoms with van der Waals surface area (Å²) >= 11 is 0. The van der Waals surface area contributed by atoms with Crippen molar-refractivity contribution in [2.24, 2.45) is 5.73 Å². The van der Waals surface area contributed by atoms with Crippen LogP contribution in [0.5, 0.6) is 0 Å². The van der Waals surface area contributed by atoms with E-state index < -0.39 is 0 Å². The van der Waals surface area contributed by atoms with Crippen molar-refractivity contribution in [2.75, 3.05) is 31.2 Å². The number of rotatable bonds is 2. The van der Waals surface area contributed by atoms with Gasteiger partial charge < -0.3 is 15.4 Å². The summed E-state index contributed by atoms with van der Waals surface area (Å²) in [5.41, 5.74) is 8.05. The first-order valence-corrected chi connectivity index (χ1v) is 6.80. The minimum absolute atomic E-state index is 0.542. The topological polar surface area (TPSA) is 51.4 Å². The fourth-order valence-corrected chi connectivity index (χ4v) is 2.54. The van der Waals surface area contributed by atoms with Crippen LogP contribution in [0.25, 0.3) is 10.9 Å². The van der Waals surface area contributed by atoms with Gasteiger partial charge in [0.05, 0.1) is 12.1 Å². The van der Waals surface area contributed by atoms with Crippen LogP contribution in [0.1, 0.15) is 12.0 Å². The molecule has 1 fully saturated rings. The highest BCUT2D eigenvalue weighted by Crippen LogP contribution is 2.23. The molecule has 4 heteroatoms. The van der Waals surface area contributed by atoms with Gasteiger partial charge in [0.2, 0.25) is 0 Å². The highest BCUT2D eigenvalue weighted by atomic mass is 16.5. The molecule has 0 atom stereocenters. The summed E-state index contributed by atoms with van der Waals surface area (Å²) in [6.07, 6.45) is 1.05. The van der Waals surface area contributed by atoms with Crippen LogP contribution in [0.3, 0.4) is 0 Å². The Morgan fingerprint density at radius 2 is 2.11 bits per heavy atom. The van der Waals surface area contributed by atoms with Gasteiger partial charge in [-0.25, -0.2) is 4.98 Å². The van der Waals surface area contributed by atoms with E-state index >= 15 is 0 Å². The summed E-state index contributed by atoms with van der Waals surface area (Å²) in [6, 6.07) is 10.3. The molecular formula is C15H19N3O. The van der Waals surface area contributed by atoms with Gasteiger partial charge >= 0.3 is 0 Å². The van der Waals surface area contributed by atoms with E-state index in [-0.39, 0.29) is 0 Å². The molecule has 1 aliphatic heterocycles. The Morgan fingerprint density at radius 3 is 3.00 bits per heavy atom. The van der Waals surface area contributed by atoms with Gasteiger partial charge in [0.15, 0.2) is 0 Å². The van der Waals surface area contributed by atoms with Crippen molar-refractivity contribution < 1.29 is 4.74 Å². The van der Waals surface area contributed by atoms with E-state index in [0.717, 1.165) is 55.0 Å². The van der Waals surface area contributed by atoms with Crippen molar-refractivity contribution >= 4 is 16.7 Å². The molecule has 4 nitrogen and oxygen atoms in total. The molecule has 2 aromatic rings. The molecule has 2 heterocycles. The number of nitrogens with zero attached hydrogens (tertiary/aromatic N) is 2. The quantitative estimate of drug-likeness (QED) is 0.893. The van der Waals surface area contributed by atoms with Crippen molar-refractivity contribution in [3.63, 3.8) is 0 Å². The first-order valence-electron chi connectivity index (χ1n) is 6.80. The minimum atomic E-state index is 0.542. The Balaban J connectivity index is 2.03. The first kappa shape index (κ1) is 12.4. The Hall–Kier alpha value is -1.65. The van der Waals surface area contributed by atoms with Gasteiger partial charge in [-0.2, -0.15) is 0 Å². The van der Waals surface area contributed by atoms with E-state index in [0.29, 0.717) is 6.54 Å². The zero-order valence-corrected chi connectivity index (χ0v) is 11.0. The van der Waals surface area contributed by atoms with E-state index in [9.17, 15) is 0 Å². The van der Waals surface area contributed by atoms with Crippen LogP contribution in [-0.4, -0.2) is 31.3 Å². The molecule has 19 heavy (non-hydrogen) atoms. The smallest absolute Gasteiger partial charge is 0.129 e. The van der Waals surface area contributed by atoms with Gasteiger partial charge in [-0.1, -0.05) is 18.2 Å². The second-order valence-corrected chi connectivity index (χ2v) is 4.81. The third-order valence-corrected chi connectivity index (χ3v) is 3.55. The zero-order valence-electron chi connectivity index (χ0n) is 11.0. The molecule has 0 radical (unpaired) electrons. The summed E-state index contributed by atoms with van der Waals surface area (Å²) < 4.78 is 5.50. The van der Waals surface area contributed by atoms with Gasteiger partial charge in [-0.15, -0.1) is 0 Å². The molecule has 1 aromatic carbocycles. The highest BCUT2D eigenvalue weighted by Gasteiger charge is 2.13. The molecule has 1 aromatic heterocycles. The lowest BCUT2D eigenvalue weighted by atomic mass is 10.1. The summed E-state index contributed by atoms with van der Waals surface area (Å²) in [5.74, 6) is 1.02. The third-order valence-electron chi connectivity index (χ3n) is 3.55. The van der Waals surface area contributed by atoms with Crippen LogP contribution in [0.2, 0.25) is 0 Å². The van der Waals surface area contributed by atoms with E-state index in [1.165, 1.54) is 0 Å². The van der Waals surface area contributed by atoms with Crippen molar-refractivity contribution in [3.05, 3.63) is 35.9 Å². The Labute approximate surface area is 113 Å². The molecule has 0 amide bonds.